The van der Waals surface area contributed by atoms with Gasteiger partial charge in [0.1, 0.15) is 12.4 Å². The molecular formula is C22H27N5O2S. The highest BCUT2D eigenvalue weighted by Crippen LogP contribution is 2.24. The minimum absolute atomic E-state index is 0.0925. The molecular weight excluding hydrogens is 398 g/mol. The van der Waals surface area contributed by atoms with Gasteiger partial charge in [-0.15, -0.1) is 5.10 Å². The Morgan fingerprint density at radius 2 is 1.80 bits per heavy atom. The van der Waals surface area contributed by atoms with Gasteiger partial charge in [-0.05, 0) is 52.6 Å². The molecule has 8 heteroatoms. The zero-order valence-electron chi connectivity index (χ0n) is 17.8. The van der Waals surface area contributed by atoms with Crippen LogP contribution in [0.4, 0.5) is 0 Å². The van der Waals surface area contributed by atoms with E-state index in [9.17, 15) is 4.79 Å². The van der Waals surface area contributed by atoms with E-state index in [2.05, 4.69) is 53.7 Å². The van der Waals surface area contributed by atoms with Crippen molar-refractivity contribution in [2.45, 2.75) is 38.3 Å². The van der Waals surface area contributed by atoms with E-state index in [1.165, 1.54) is 17.3 Å². The van der Waals surface area contributed by atoms with Crippen LogP contribution >= 0.6 is 11.8 Å². The largest absolute Gasteiger partial charge is 0.492 e. The van der Waals surface area contributed by atoms with Crippen molar-refractivity contribution >= 4 is 17.7 Å². The smallest absolute Gasteiger partial charge is 0.230 e. The second kappa shape index (κ2) is 9.75. The monoisotopic (exact) mass is 425 g/mol. The van der Waals surface area contributed by atoms with Crippen molar-refractivity contribution in [2.24, 2.45) is 0 Å². The first-order valence-electron chi connectivity index (χ1n) is 9.81. The number of aromatic nitrogens is 4. The number of tetrazole rings is 1. The van der Waals surface area contributed by atoms with Crippen molar-refractivity contribution < 1.29 is 9.53 Å². The first-order valence-corrected chi connectivity index (χ1v) is 10.8. The van der Waals surface area contributed by atoms with E-state index in [1.807, 2.05) is 43.3 Å². The highest BCUT2D eigenvalue weighted by Gasteiger charge is 2.13. The quantitative estimate of drug-likeness (QED) is 0.439. The summed E-state index contributed by atoms with van der Waals surface area (Å²) in [6.45, 7) is 9.39. The Morgan fingerprint density at radius 3 is 2.47 bits per heavy atom. The Labute approximate surface area is 181 Å². The maximum absolute atomic E-state index is 12.1. The third kappa shape index (κ3) is 6.06. The van der Waals surface area contributed by atoms with Crippen LogP contribution < -0.4 is 10.1 Å². The van der Waals surface area contributed by atoms with E-state index in [0.717, 1.165) is 17.0 Å². The van der Waals surface area contributed by atoms with Gasteiger partial charge in [-0.2, -0.15) is 4.68 Å². The van der Waals surface area contributed by atoms with Crippen molar-refractivity contribution in [2.75, 3.05) is 18.9 Å². The third-order valence-electron chi connectivity index (χ3n) is 4.47. The second-order valence-electron chi connectivity index (χ2n) is 7.97. The fourth-order valence-corrected chi connectivity index (χ4v) is 3.43. The average molecular weight is 426 g/mol. The molecule has 0 spiro atoms. The van der Waals surface area contributed by atoms with Gasteiger partial charge in [0.25, 0.3) is 0 Å². The number of ether oxygens (including phenoxy) is 1. The molecule has 1 N–H and O–H groups in total. The van der Waals surface area contributed by atoms with Crippen LogP contribution in [0.25, 0.3) is 5.69 Å². The zero-order chi connectivity index (χ0) is 21.6. The molecule has 0 radical (unpaired) electrons. The van der Waals surface area contributed by atoms with Crippen LogP contribution in [0, 0.1) is 6.92 Å². The van der Waals surface area contributed by atoms with Gasteiger partial charge < -0.3 is 10.1 Å². The van der Waals surface area contributed by atoms with Gasteiger partial charge in [-0.1, -0.05) is 62.4 Å². The molecule has 1 amide bonds. The normalized spacial score (nSPS) is 11.3. The van der Waals surface area contributed by atoms with E-state index in [-0.39, 0.29) is 17.1 Å². The fourth-order valence-electron chi connectivity index (χ4n) is 2.71. The Bertz CT molecular complexity index is 962. The van der Waals surface area contributed by atoms with E-state index in [1.54, 1.807) is 4.68 Å². The Kier molecular flexibility index (Phi) is 7.10. The summed E-state index contributed by atoms with van der Waals surface area (Å²) in [7, 11) is 0. The Balaban J connectivity index is 1.41. The standard InChI is InChI=1S/C22H27N5O2S/c1-16-5-9-18(10-6-16)27-21(24-25-26-27)30-15-20(28)23-13-14-29-19-11-7-17(8-12-19)22(2,3)4/h5-12H,13-15H2,1-4H3,(H,23,28). The number of nitrogens with zero attached hydrogens (tertiary/aromatic N) is 4. The summed E-state index contributed by atoms with van der Waals surface area (Å²) >= 11 is 1.29. The summed E-state index contributed by atoms with van der Waals surface area (Å²) in [5, 5.41) is 15.2. The van der Waals surface area contributed by atoms with Crippen LogP contribution in [0.3, 0.4) is 0 Å². The summed E-state index contributed by atoms with van der Waals surface area (Å²) in [5.74, 6) is 0.931. The topological polar surface area (TPSA) is 81.9 Å². The molecule has 0 fully saturated rings. The highest BCUT2D eigenvalue weighted by molar-refractivity contribution is 7.99. The molecule has 1 heterocycles. The highest BCUT2D eigenvalue weighted by atomic mass is 32.2. The first-order chi connectivity index (χ1) is 14.3. The molecule has 0 aliphatic rings. The van der Waals surface area contributed by atoms with Gasteiger partial charge in [0.15, 0.2) is 0 Å². The number of carbonyl (C=O) groups excluding carboxylic acids is 1. The zero-order valence-corrected chi connectivity index (χ0v) is 18.6. The molecule has 30 heavy (non-hydrogen) atoms. The van der Waals surface area contributed by atoms with Crippen LogP contribution in [0.1, 0.15) is 31.9 Å². The number of hydrogen-bond donors (Lipinski definition) is 1. The summed E-state index contributed by atoms with van der Waals surface area (Å²) in [4.78, 5) is 12.1. The van der Waals surface area contributed by atoms with Gasteiger partial charge >= 0.3 is 0 Å². The van der Waals surface area contributed by atoms with Crippen LogP contribution in [0.2, 0.25) is 0 Å². The lowest BCUT2D eigenvalue weighted by Gasteiger charge is -2.19. The fraction of sp³-hybridized carbons (Fsp3) is 0.364. The summed E-state index contributed by atoms with van der Waals surface area (Å²) in [6.07, 6.45) is 0. The summed E-state index contributed by atoms with van der Waals surface area (Å²) < 4.78 is 7.33. The third-order valence-corrected chi connectivity index (χ3v) is 5.38. The maximum atomic E-state index is 12.1. The van der Waals surface area contributed by atoms with Gasteiger partial charge in [0.2, 0.25) is 11.1 Å². The van der Waals surface area contributed by atoms with Crippen molar-refractivity contribution in [3.63, 3.8) is 0 Å². The molecule has 0 saturated carbocycles. The summed E-state index contributed by atoms with van der Waals surface area (Å²) in [5.41, 5.74) is 3.39. The van der Waals surface area contributed by atoms with E-state index in [0.29, 0.717) is 18.3 Å². The van der Waals surface area contributed by atoms with Gasteiger partial charge in [-0.25, -0.2) is 0 Å². The number of benzene rings is 2. The van der Waals surface area contributed by atoms with Crippen LogP contribution in [0.5, 0.6) is 5.75 Å². The molecule has 0 aliphatic carbocycles. The number of nitrogens with one attached hydrogen (secondary N) is 1. The predicted octanol–water partition coefficient (Wildman–Crippen LogP) is 3.56. The molecule has 1 aromatic heterocycles. The van der Waals surface area contributed by atoms with Crippen molar-refractivity contribution in [1.29, 1.82) is 0 Å². The number of rotatable bonds is 8. The molecule has 0 bridgehead atoms. The minimum atomic E-state index is -0.0925. The van der Waals surface area contributed by atoms with Crippen molar-refractivity contribution in [3.8, 4) is 11.4 Å². The van der Waals surface area contributed by atoms with E-state index >= 15 is 0 Å². The van der Waals surface area contributed by atoms with E-state index < -0.39 is 0 Å². The van der Waals surface area contributed by atoms with Crippen LogP contribution in [-0.2, 0) is 10.2 Å². The molecule has 2 aromatic carbocycles. The Morgan fingerprint density at radius 1 is 1.10 bits per heavy atom. The molecule has 7 nitrogen and oxygen atoms in total. The number of aryl methyl sites for hydroxylation is 1. The molecule has 0 aliphatic heterocycles. The number of thioether (sulfide) groups is 1. The van der Waals surface area contributed by atoms with E-state index in [4.69, 9.17) is 4.74 Å². The predicted molar refractivity (Wildman–Crippen MR) is 118 cm³/mol. The SMILES string of the molecule is Cc1ccc(-n2nnnc2SCC(=O)NCCOc2ccc(C(C)(C)C)cc2)cc1. The molecule has 0 saturated heterocycles. The number of carbonyl (C=O) groups is 1. The van der Waals surface area contributed by atoms with Gasteiger partial charge in [0, 0.05) is 0 Å². The molecule has 158 valence electrons. The molecule has 3 aromatic rings. The maximum Gasteiger partial charge on any atom is 0.230 e. The van der Waals surface area contributed by atoms with Crippen LogP contribution in [0.15, 0.2) is 53.7 Å². The number of hydrogen-bond acceptors (Lipinski definition) is 6. The second-order valence-corrected chi connectivity index (χ2v) is 8.91. The average Bonchev–Trinajstić information content (AvgIpc) is 3.18. The lowest BCUT2D eigenvalue weighted by atomic mass is 9.87. The van der Waals surface area contributed by atoms with Gasteiger partial charge in [0.05, 0.1) is 18.0 Å². The minimum Gasteiger partial charge on any atom is -0.492 e. The lowest BCUT2D eigenvalue weighted by molar-refractivity contribution is -0.118. The number of amides is 1. The molecule has 3 rings (SSSR count). The van der Waals surface area contributed by atoms with Crippen molar-refractivity contribution in [1.82, 2.24) is 25.5 Å². The Hall–Kier alpha value is -2.87. The lowest BCUT2D eigenvalue weighted by Crippen LogP contribution is -2.29. The first kappa shape index (κ1) is 21.8. The summed E-state index contributed by atoms with van der Waals surface area (Å²) in [6, 6.07) is 15.9. The molecule has 0 unspecified atom stereocenters. The van der Waals surface area contributed by atoms with Gasteiger partial charge in [-0.3, -0.25) is 4.79 Å². The van der Waals surface area contributed by atoms with Crippen LogP contribution in [-0.4, -0.2) is 45.0 Å². The van der Waals surface area contributed by atoms with Crippen molar-refractivity contribution in [3.05, 3.63) is 59.7 Å². The molecule has 0 atom stereocenters.